The maximum Gasteiger partial charge on any atom is 0.268 e. The summed E-state index contributed by atoms with van der Waals surface area (Å²) in [5.41, 5.74) is 3.13. The molecule has 0 saturated carbocycles. The van der Waals surface area contributed by atoms with E-state index in [1.165, 1.54) is 4.90 Å². The molecule has 156 valence electrons. The van der Waals surface area contributed by atoms with Crippen LogP contribution in [0.5, 0.6) is 0 Å². The lowest BCUT2D eigenvalue weighted by molar-refractivity contribution is -0.143. The second-order valence-corrected chi connectivity index (χ2v) is 7.93. The second-order valence-electron chi connectivity index (χ2n) is 7.49. The number of carbonyl (C=O) groups is 2. The molecule has 1 heterocycles. The number of benzene rings is 2. The SMILES string of the molecule is CN(C(=O)[C@@H](O)CO)[C@H]1c2ccccc2C[C@H]1NC(=O)c1cc2cc(Cl)ccc2[nH]1. The molecule has 0 radical (unpaired) electrons. The van der Waals surface area contributed by atoms with Crippen LogP contribution in [0.15, 0.2) is 48.5 Å². The summed E-state index contributed by atoms with van der Waals surface area (Å²) < 4.78 is 0. The van der Waals surface area contributed by atoms with E-state index in [4.69, 9.17) is 16.7 Å². The molecule has 1 aliphatic carbocycles. The van der Waals surface area contributed by atoms with Gasteiger partial charge in [-0.1, -0.05) is 35.9 Å². The molecule has 30 heavy (non-hydrogen) atoms. The topological polar surface area (TPSA) is 106 Å². The number of fused-ring (bicyclic) bond motifs is 2. The van der Waals surface area contributed by atoms with Gasteiger partial charge in [0.25, 0.3) is 11.8 Å². The van der Waals surface area contributed by atoms with Gasteiger partial charge in [-0.3, -0.25) is 9.59 Å². The number of aliphatic hydroxyl groups is 2. The number of hydrogen-bond acceptors (Lipinski definition) is 4. The van der Waals surface area contributed by atoms with Crippen LogP contribution in [0, 0.1) is 0 Å². The predicted octanol–water partition coefficient (Wildman–Crippen LogP) is 2.03. The van der Waals surface area contributed by atoms with Crippen LogP contribution in [0.25, 0.3) is 10.9 Å². The van der Waals surface area contributed by atoms with Crippen molar-refractivity contribution in [2.45, 2.75) is 24.6 Å². The van der Waals surface area contributed by atoms with Crippen molar-refractivity contribution in [2.75, 3.05) is 13.7 Å². The Labute approximate surface area is 178 Å². The van der Waals surface area contributed by atoms with Crippen molar-refractivity contribution in [3.63, 3.8) is 0 Å². The van der Waals surface area contributed by atoms with E-state index in [1.807, 2.05) is 30.3 Å². The zero-order valence-electron chi connectivity index (χ0n) is 16.3. The van der Waals surface area contributed by atoms with Crippen molar-refractivity contribution >= 4 is 34.3 Å². The summed E-state index contributed by atoms with van der Waals surface area (Å²) in [4.78, 5) is 30.0. The molecular formula is C22H22ClN3O4. The van der Waals surface area contributed by atoms with Crippen LogP contribution in [0.2, 0.25) is 5.02 Å². The Kier molecular flexibility index (Phi) is 5.51. The Hall–Kier alpha value is -2.87. The fraction of sp³-hybridized carbons (Fsp3) is 0.273. The summed E-state index contributed by atoms with van der Waals surface area (Å²) in [5.74, 6) is -0.896. The van der Waals surface area contributed by atoms with Gasteiger partial charge in [0.1, 0.15) is 5.69 Å². The summed E-state index contributed by atoms with van der Waals surface area (Å²) >= 11 is 6.03. The van der Waals surface area contributed by atoms with Gasteiger partial charge >= 0.3 is 0 Å². The zero-order valence-corrected chi connectivity index (χ0v) is 17.1. The fourth-order valence-corrected chi connectivity index (χ4v) is 4.29. The minimum Gasteiger partial charge on any atom is -0.393 e. The molecule has 3 atom stereocenters. The number of H-pyrrole nitrogens is 1. The van der Waals surface area contributed by atoms with Gasteiger partial charge in [-0.25, -0.2) is 0 Å². The van der Waals surface area contributed by atoms with Crippen LogP contribution in [0.4, 0.5) is 0 Å². The van der Waals surface area contributed by atoms with Gasteiger partial charge in [0, 0.05) is 23.0 Å². The van der Waals surface area contributed by atoms with E-state index in [0.717, 1.165) is 22.0 Å². The van der Waals surface area contributed by atoms with E-state index in [-0.39, 0.29) is 11.9 Å². The van der Waals surface area contributed by atoms with Crippen LogP contribution in [0.1, 0.15) is 27.7 Å². The number of rotatable bonds is 5. The summed E-state index contributed by atoms with van der Waals surface area (Å²) in [5, 5.41) is 23.4. The third-order valence-corrected chi connectivity index (χ3v) is 5.80. The highest BCUT2D eigenvalue weighted by Gasteiger charge is 2.39. The summed E-state index contributed by atoms with van der Waals surface area (Å²) in [6, 6.07) is 13.9. The number of hydrogen-bond donors (Lipinski definition) is 4. The molecule has 8 heteroatoms. The average molecular weight is 428 g/mol. The molecule has 0 spiro atoms. The number of nitrogens with one attached hydrogen (secondary N) is 2. The van der Waals surface area contributed by atoms with Crippen molar-refractivity contribution in [1.29, 1.82) is 0 Å². The number of amides is 2. The van der Waals surface area contributed by atoms with E-state index in [2.05, 4.69) is 10.3 Å². The van der Waals surface area contributed by atoms with Gasteiger partial charge < -0.3 is 25.4 Å². The number of aliphatic hydroxyl groups excluding tert-OH is 2. The van der Waals surface area contributed by atoms with Gasteiger partial charge in [0.05, 0.1) is 18.7 Å². The summed E-state index contributed by atoms with van der Waals surface area (Å²) in [6.07, 6.45) is -0.955. The van der Waals surface area contributed by atoms with E-state index in [0.29, 0.717) is 17.1 Å². The lowest BCUT2D eigenvalue weighted by Crippen LogP contribution is -2.48. The van der Waals surface area contributed by atoms with E-state index < -0.39 is 24.7 Å². The number of aromatic nitrogens is 1. The summed E-state index contributed by atoms with van der Waals surface area (Å²) in [6.45, 7) is -0.661. The monoisotopic (exact) mass is 427 g/mol. The first-order valence-corrected chi connectivity index (χ1v) is 9.99. The number of nitrogens with zero attached hydrogens (tertiary/aromatic N) is 1. The summed E-state index contributed by atoms with van der Waals surface area (Å²) in [7, 11) is 1.57. The highest BCUT2D eigenvalue weighted by Crippen LogP contribution is 2.36. The first-order chi connectivity index (χ1) is 14.4. The maximum absolute atomic E-state index is 13.0. The number of aromatic amines is 1. The Bertz CT molecular complexity index is 1110. The molecule has 0 saturated heterocycles. The van der Waals surface area contributed by atoms with Gasteiger partial charge in [-0.2, -0.15) is 0 Å². The molecular weight excluding hydrogens is 406 g/mol. The molecule has 7 nitrogen and oxygen atoms in total. The largest absolute Gasteiger partial charge is 0.393 e. The van der Waals surface area contributed by atoms with Crippen LogP contribution >= 0.6 is 11.6 Å². The molecule has 4 rings (SSSR count). The van der Waals surface area contributed by atoms with Gasteiger partial charge in [0.2, 0.25) is 0 Å². The lowest BCUT2D eigenvalue weighted by Gasteiger charge is -2.32. The normalized spacial score (nSPS) is 18.8. The maximum atomic E-state index is 13.0. The van der Waals surface area contributed by atoms with Crippen LogP contribution in [0.3, 0.4) is 0 Å². The fourth-order valence-electron chi connectivity index (χ4n) is 4.10. The highest BCUT2D eigenvalue weighted by atomic mass is 35.5. The average Bonchev–Trinajstić information content (AvgIpc) is 3.32. The van der Waals surface area contributed by atoms with Crippen molar-refractivity contribution in [1.82, 2.24) is 15.2 Å². The minimum atomic E-state index is -1.50. The highest BCUT2D eigenvalue weighted by molar-refractivity contribution is 6.31. The van der Waals surface area contributed by atoms with Crippen molar-refractivity contribution < 1.29 is 19.8 Å². The van der Waals surface area contributed by atoms with E-state index >= 15 is 0 Å². The quantitative estimate of drug-likeness (QED) is 0.500. The molecule has 0 aliphatic heterocycles. The molecule has 1 aromatic heterocycles. The Morgan fingerprint density at radius 1 is 1.27 bits per heavy atom. The van der Waals surface area contributed by atoms with Gasteiger partial charge in [-0.15, -0.1) is 0 Å². The lowest BCUT2D eigenvalue weighted by atomic mass is 10.0. The number of likely N-dealkylation sites (N-methyl/N-ethyl adjacent to an activating group) is 1. The number of halogens is 1. The second kappa shape index (κ2) is 8.10. The van der Waals surface area contributed by atoms with E-state index in [9.17, 15) is 14.7 Å². The number of carbonyl (C=O) groups excluding carboxylic acids is 2. The van der Waals surface area contributed by atoms with Crippen molar-refractivity contribution in [3.8, 4) is 0 Å². The molecule has 4 N–H and O–H groups in total. The Morgan fingerprint density at radius 2 is 2.03 bits per heavy atom. The molecule has 2 aromatic carbocycles. The predicted molar refractivity (Wildman–Crippen MR) is 113 cm³/mol. The smallest absolute Gasteiger partial charge is 0.268 e. The van der Waals surface area contributed by atoms with E-state index in [1.54, 1.807) is 25.2 Å². The first-order valence-electron chi connectivity index (χ1n) is 9.61. The molecule has 0 unspecified atom stereocenters. The standard InChI is InChI=1S/C22H22ClN3O4/c1-26(22(30)19(28)11-27)20-15-5-3-2-4-12(15)9-17(20)25-21(29)18-10-13-8-14(23)6-7-16(13)24-18/h2-8,10,17,19-20,24,27-28H,9,11H2,1H3,(H,25,29)/t17-,19+,20+/m1/s1. The Balaban J connectivity index is 1.61. The van der Waals surface area contributed by atoms with Crippen molar-refractivity contribution in [3.05, 3.63) is 70.4 Å². The zero-order chi connectivity index (χ0) is 21.4. The first kappa shape index (κ1) is 20.4. The van der Waals surface area contributed by atoms with Crippen LogP contribution in [-0.4, -0.2) is 57.7 Å². The molecule has 0 fully saturated rings. The third kappa shape index (κ3) is 3.67. The molecule has 0 bridgehead atoms. The van der Waals surface area contributed by atoms with Gasteiger partial charge in [0.15, 0.2) is 6.10 Å². The third-order valence-electron chi connectivity index (χ3n) is 5.56. The van der Waals surface area contributed by atoms with Crippen molar-refractivity contribution in [2.24, 2.45) is 0 Å². The van der Waals surface area contributed by atoms with Crippen LogP contribution in [-0.2, 0) is 11.2 Å². The van der Waals surface area contributed by atoms with Crippen LogP contribution < -0.4 is 5.32 Å². The van der Waals surface area contributed by atoms with Gasteiger partial charge in [-0.05, 0) is 41.8 Å². The molecule has 3 aromatic rings. The minimum absolute atomic E-state index is 0.298. The Morgan fingerprint density at radius 3 is 2.80 bits per heavy atom. The molecule has 1 aliphatic rings. The molecule has 2 amide bonds.